The van der Waals surface area contributed by atoms with E-state index in [1.54, 1.807) is 21.1 Å². The molecule has 1 heteroatoms. The first kappa shape index (κ1) is 17.0. The summed E-state index contributed by atoms with van der Waals surface area (Å²) < 4.78 is 0. The Kier molecular flexibility index (Phi) is 4.64. The van der Waals surface area contributed by atoms with Crippen molar-refractivity contribution in [2.75, 3.05) is 0 Å². The van der Waals surface area contributed by atoms with Gasteiger partial charge in [0.2, 0.25) is 0 Å². The van der Waals surface area contributed by atoms with E-state index in [-0.39, 0.29) is 0 Å². The Morgan fingerprint density at radius 2 is 1.04 bits per heavy atom. The molecule has 1 aliphatic rings. The normalized spacial score (nSPS) is 14.5. The largest absolute Gasteiger partial charge is 0.133 e. The van der Waals surface area contributed by atoms with Gasteiger partial charge in [-0.25, -0.2) is 0 Å². The van der Waals surface area contributed by atoms with Gasteiger partial charge in [-0.15, -0.1) is 0 Å². The molecule has 0 unspecified atom stereocenters. The van der Waals surface area contributed by atoms with Gasteiger partial charge in [0.1, 0.15) is 8.80 Å². The molecule has 0 saturated heterocycles. The van der Waals surface area contributed by atoms with Gasteiger partial charge >= 0.3 is 0 Å². The van der Waals surface area contributed by atoms with Crippen molar-refractivity contribution in [3.8, 4) is 0 Å². The molecular weight excluding hydrogens is 304 g/mol. The topological polar surface area (TPSA) is 0 Å². The van der Waals surface area contributed by atoms with Crippen LogP contribution in [0.4, 0.5) is 0 Å². The van der Waals surface area contributed by atoms with Crippen molar-refractivity contribution >= 4 is 19.2 Å². The van der Waals surface area contributed by atoms with Crippen LogP contribution in [0, 0.1) is 27.7 Å². The summed E-state index contributed by atoms with van der Waals surface area (Å²) in [6.45, 7) is 13.5. The summed E-state index contributed by atoms with van der Waals surface area (Å²) in [4.78, 5) is 0. The van der Waals surface area contributed by atoms with Crippen molar-refractivity contribution in [2.45, 2.75) is 48.0 Å². The van der Waals surface area contributed by atoms with Gasteiger partial charge in [0, 0.05) is 0 Å². The second kappa shape index (κ2) is 6.56. The molecule has 0 heterocycles. The summed E-state index contributed by atoms with van der Waals surface area (Å²) in [6, 6.07) is 14.3. The third-order valence-electron chi connectivity index (χ3n) is 5.04. The average molecular weight is 333 g/mol. The predicted molar refractivity (Wildman–Crippen MR) is 109 cm³/mol. The second-order valence-electron chi connectivity index (χ2n) is 7.56. The summed E-state index contributed by atoms with van der Waals surface area (Å²) in [5.74, 6) is 0. The molecule has 0 N–H and O–H groups in total. The summed E-state index contributed by atoms with van der Waals surface area (Å²) >= 11 is 0. The van der Waals surface area contributed by atoms with E-state index in [4.69, 9.17) is 0 Å². The molecule has 0 aromatic heterocycles. The van der Waals surface area contributed by atoms with Crippen LogP contribution in [0.25, 0.3) is 0 Å². The van der Waals surface area contributed by atoms with E-state index < -0.39 is 8.80 Å². The lowest BCUT2D eigenvalue weighted by molar-refractivity contribution is 1.24. The van der Waals surface area contributed by atoms with E-state index in [0.717, 1.165) is 6.42 Å². The van der Waals surface area contributed by atoms with Gasteiger partial charge in [0.15, 0.2) is 0 Å². The summed E-state index contributed by atoms with van der Waals surface area (Å²) in [6.07, 6.45) is 3.54. The predicted octanol–water partition coefficient (Wildman–Crippen LogP) is 4.47. The molecule has 124 valence electrons. The molecule has 0 aliphatic heterocycles. The van der Waals surface area contributed by atoms with E-state index in [0.29, 0.717) is 0 Å². The Balaban J connectivity index is 2.25. The highest BCUT2D eigenvalue weighted by Crippen LogP contribution is 2.28. The minimum absolute atomic E-state index is 1.13. The molecule has 0 radical (unpaired) electrons. The third-order valence-corrected chi connectivity index (χ3v) is 8.57. The smallest absolute Gasteiger partial charge is 0.0776 e. The Morgan fingerprint density at radius 3 is 1.38 bits per heavy atom. The van der Waals surface area contributed by atoms with Gasteiger partial charge < -0.3 is 0 Å². The maximum atomic E-state index is 2.42. The molecule has 0 spiro atoms. The average Bonchev–Trinajstić information content (AvgIpc) is 2.78. The van der Waals surface area contributed by atoms with Crippen LogP contribution in [-0.4, -0.2) is 8.80 Å². The summed E-state index contributed by atoms with van der Waals surface area (Å²) in [5, 5.41) is 4.77. The van der Waals surface area contributed by atoms with Crippen molar-refractivity contribution in [1.29, 1.82) is 0 Å². The zero-order valence-electron chi connectivity index (χ0n) is 15.8. The molecule has 3 rings (SSSR count). The first-order valence-electron chi connectivity index (χ1n) is 8.88. The SMILES string of the molecule is CC1=CCC(C)=C1[SiH](c1cc(C)cc(C)c1)c1cc(C)cc(C)c1. The number of rotatable bonds is 3. The molecule has 2 aromatic rings. The molecule has 0 nitrogen and oxygen atoms in total. The molecule has 24 heavy (non-hydrogen) atoms. The Hall–Kier alpha value is -1.86. The number of aryl methyl sites for hydroxylation is 4. The van der Waals surface area contributed by atoms with Crippen molar-refractivity contribution in [3.05, 3.63) is 81.1 Å². The van der Waals surface area contributed by atoms with Gasteiger partial charge in [0.05, 0.1) is 0 Å². The molecule has 1 aliphatic carbocycles. The fraction of sp³-hybridized carbons (Fsp3) is 0.304. The highest BCUT2D eigenvalue weighted by atomic mass is 28.3. The third kappa shape index (κ3) is 3.32. The minimum atomic E-state index is -1.42. The Bertz CT molecular complexity index is 760. The van der Waals surface area contributed by atoms with Gasteiger partial charge in [-0.1, -0.05) is 91.4 Å². The highest BCUT2D eigenvalue weighted by Gasteiger charge is 2.27. The van der Waals surface area contributed by atoms with Crippen LogP contribution in [0.2, 0.25) is 0 Å². The van der Waals surface area contributed by atoms with Crippen LogP contribution < -0.4 is 10.4 Å². The number of allylic oxidation sites excluding steroid dienone is 4. The van der Waals surface area contributed by atoms with Crippen LogP contribution in [0.5, 0.6) is 0 Å². The molecule has 0 bridgehead atoms. The van der Waals surface area contributed by atoms with Crippen molar-refractivity contribution < 1.29 is 0 Å². The molecule has 0 atom stereocenters. The van der Waals surface area contributed by atoms with Crippen molar-refractivity contribution in [3.63, 3.8) is 0 Å². The van der Waals surface area contributed by atoms with E-state index >= 15 is 0 Å². The van der Waals surface area contributed by atoms with Gasteiger partial charge in [-0.05, 0) is 48.0 Å². The number of hydrogen-bond acceptors (Lipinski definition) is 0. The Morgan fingerprint density at radius 1 is 0.625 bits per heavy atom. The summed E-state index contributed by atoms with van der Waals surface area (Å²) in [5.41, 5.74) is 8.59. The lowest BCUT2D eigenvalue weighted by atomic mass is 10.2. The quantitative estimate of drug-likeness (QED) is 0.728. The van der Waals surface area contributed by atoms with Crippen LogP contribution in [0.15, 0.2) is 58.8 Å². The molecule has 0 saturated carbocycles. The van der Waals surface area contributed by atoms with Crippen LogP contribution in [-0.2, 0) is 0 Å². The minimum Gasteiger partial charge on any atom is -0.0776 e. The Labute approximate surface area is 148 Å². The summed E-state index contributed by atoms with van der Waals surface area (Å²) in [7, 11) is -1.42. The zero-order valence-corrected chi connectivity index (χ0v) is 17.0. The lowest BCUT2D eigenvalue weighted by Crippen LogP contribution is -2.45. The van der Waals surface area contributed by atoms with E-state index in [2.05, 4.69) is 84.0 Å². The van der Waals surface area contributed by atoms with Gasteiger partial charge in [0.25, 0.3) is 0 Å². The number of benzene rings is 2. The monoisotopic (exact) mass is 332 g/mol. The molecule has 2 aromatic carbocycles. The van der Waals surface area contributed by atoms with Crippen LogP contribution in [0.3, 0.4) is 0 Å². The first-order chi connectivity index (χ1) is 11.3. The highest BCUT2D eigenvalue weighted by molar-refractivity contribution is 6.91. The maximum absolute atomic E-state index is 2.42. The zero-order chi connectivity index (χ0) is 17.4. The van der Waals surface area contributed by atoms with Crippen molar-refractivity contribution in [2.24, 2.45) is 0 Å². The van der Waals surface area contributed by atoms with Gasteiger partial charge in [-0.3, -0.25) is 0 Å². The second-order valence-corrected chi connectivity index (χ2v) is 10.3. The van der Waals surface area contributed by atoms with E-state index in [9.17, 15) is 0 Å². The fourth-order valence-corrected chi connectivity index (χ4v) is 8.17. The maximum Gasteiger partial charge on any atom is 0.133 e. The van der Waals surface area contributed by atoms with E-state index in [1.807, 2.05) is 0 Å². The van der Waals surface area contributed by atoms with Crippen LogP contribution >= 0.6 is 0 Å². The molecule has 0 amide bonds. The van der Waals surface area contributed by atoms with Crippen LogP contribution in [0.1, 0.15) is 42.5 Å². The van der Waals surface area contributed by atoms with Crippen molar-refractivity contribution in [1.82, 2.24) is 0 Å². The molecular formula is C23H28Si. The first-order valence-corrected chi connectivity index (χ1v) is 10.6. The fourth-order valence-electron chi connectivity index (χ4n) is 4.22. The molecule has 0 fully saturated rings. The number of hydrogen-bond donors (Lipinski definition) is 0. The van der Waals surface area contributed by atoms with E-state index in [1.165, 1.54) is 27.8 Å². The standard InChI is InChI=1S/C23H28Si/c1-15-9-16(2)12-21(11-15)24(23-19(5)7-8-20(23)6)22-13-17(3)10-18(4)14-22/h7,9-14,24H,8H2,1-6H3. The lowest BCUT2D eigenvalue weighted by Gasteiger charge is -2.23. The van der Waals surface area contributed by atoms with Gasteiger partial charge in [-0.2, -0.15) is 0 Å².